The van der Waals surface area contributed by atoms with Gasteiger partial charge >= 0.3 is 0 Å². The number of rotatable bonds is 5. The van der Waals surface area contributed by atoms with Crippen molar-refractivity contribution in [2.24, 2.45) is 0 Å². The van der Waals surface area contributed by atoms with Gasteiger partial charge in [0.2, 0.25) is 0 Å². The Balaban J connectivity index is 2.54. The van der Waals surface area contributed by atoms with Crippen LogP contribution in [-0.2, 0) is 4.79 Å². The highest BCUT2D eigenvalue weighted by atomic mass is 16.1. The van der Waals surface area contributed by atoms with Gasteiger partial charge < -0.3 is 5.32 Å². The SMILES string of the molecule is C=CCNCC(=O)C1=CC=CC=CC=C1. The predicted octanol–water partition coefficient (Wildman–Crippen LogP) is 1.94. The first-order valence-corrected chi connectivity index (χ1v) is 4.91. The highest BCUT2D eigenvalue weighted by molar-refractivity contribution is 5.99. The smallest absolute Gasteiger partial charge is 0.176 e. The van der Waals surface area contributed by atoms with Crippen molar-refractivity contribution in [1.82, 2.24) is 5.32 Å². The normalized spacial score (nSPS) is 14.3. The number of ketones is 1. The van der Waals surface area contributed by atoms with E-state index in [1.54, 1.807) is 6.08 Å². The molecule has 0 aromatic rings. The summed E-state index contributed by atoms with van der Waals surface area (Å²) in [6.07, 6.45) is 14.8. The summed E-state index contributed by atoms with van der Waals surface area (Å²) in [5.74, 6) is 0.0908. The summed E-state index contributed by atoms with van der Waals surface area (Å²) < 4.78 is 0. The predicted molar refractivity (Wildman–Crippen MR) is 63.6 cm³/mol. The minimum absolute atomic E-state index is 0.0908. The Morgan fingerprint density at radius 2 is 2.00 bits per heavy atom. The van der Waals surface area contributed by atoms with Crippen LogP contribution in [0.15, 0.2) is 60.8 Å². The molecule has 2 heteroatoms. The summed E-state index contributed by atoms with van der Waals surface area (Å²) in [7, 11) is 0. The van der Waals surface area contributed by atoms with Gasteiger partial charge in [-0.1, -0.05) is 48.6 Å². The molecule has 1 rings (SSSR count). The van der Waals surface area contributed by atoms with E-state index >= 15 is 0 Å². The van der Waals surface area contributed by atoms with Crippen LogP contribution in [-0.4, -0.2) is 18.9 Å². The lowest BCUT2D eigenvalue weighted by molar-refractivity contribution is -0.114. The molecule has 0 fully saturated rings. The Morgan fingerprint density at radius 1 is 1.27 bits per heavy atom. The quantitative estimate of drug-likeness (QED) is 0.544. The van der Waals surface area contributed by atoms with Crippen LogP contribution in [0.2, 0.25) is 0 Å². The number of carbonyl (C=O) groups is 1. The zero-order valence-corrected chi connectivity index (χ0v) is 8.65. The molecule has 0 aromatic heterocycles. The van der Waals surface area contributed by atoms with Gasteiger partial charge in [0, 0.05) is 12.1 Å². The van der Waals surface area contributed by atoms with Crippen LogP contribution in [0.1, 0.15) is 0 Å². The third-order valence-corrected chi connectivity index (χ3v) is 1.89. The molecule has 0 atom stereocenters. The van der Waals surface area contributed by atoms with Crippen LogP contribution < -0.4 is 5.32 Å². The van der Waals surface area contributed by atoms with E-state index in [-0.39, 0.29) is 5.78 Å². The molecule has 1 N–H and O–H groups in total. The van der Waals surface area contributed by atoms with Crippen molar-refractivity contribution in [2.75, 3.05) is 13.1 Å². The maximum atomic E-state index is 11.7. The number of Topliss-reactive ketones (excluding diaryl/α,β-unsaturated/α-hetero) is 1. The third-order valence-electron chi connectivity index (χ3n) is 1.89. The highest BCUT2D eigenvalue weighted by Gasteiger charge is 2.04. The van der Waals surface area contributed by atoms with Crippen LogP contribution in [0.25, 0.3) is 0 Å². The molecule has 0 bridgehead atoms. The van der Waals surface area contributed by atoms with Crippen LogP contribution >= 0.6 is 0 Å². The van der Waals surface area contributed by atoms with Crippen molar-refractivity contribution in [1.29, 1.82) is 0 Å². The van der Waals surface area contributed by atoms with Crippen LogP contribution in [0, 0.1) is 0 Å². The molecule has 0 spiro atoms. The van der Waals surface area contributed by atoms with E-state index < -0.39 is 0 Å². The van der Waals surface area contributed by atoms with Crippen molar-refractivity contribution in [2.45, 2.75) is 0 Å². The van der Waals surface area contributed by atoms with Crippen molar-refractivity contribution >= 4 is 5.78 Å². The summed E-state index contributed by atoms with van der Waals surface area (Å²) in [6.45, 7) is 4.57. The second-order valence-corrected chi connectivity index (χ2v) is 3.09. The van der Waals surface area contributed by atoms with Gasteiger partial charge in [0.05, 0.1) is 6.54 Å². The molecular formula is C13H15NO. The van der Waals surface area contributed by atoms with E-state index in [1.165, 1.54) is 0 Å². The van der Waals surface area contributed by atoms with Gasteiger partial charge in [-0.05, 0) is 0 Å². The lowest BCUT2D eigenvalue weighted by atomic mass is 10.1. The first kappa shape index (κ1) is 11.4. The Labute approximate surface area is 90.4 Å². The van der Waals surface area contributed by atoms with E-state index in [0.29, 0.717) is 18.7 Å². The van der Waals surface area contributed by atoms with Gasteiger partial charge in [-0.25, -0.2) is 0 Å². The van der Waals surface area contributed by atoms with Gasteiger partial charge in [0.1, 0.15) is 0 Å². The molecule has 0 radical (unpaired) electrons. The van der Waals surface area contributed by atoms with E-state index in [0.717, 1.165) is 0 Å². The summed E-state index contributed by atoms with van der Waals surface area (Å²) in [5.41, 5.74) is 0.715. The van der Waals surface area contributed by atoms with E-state index in [1.807, 2.05) is 42.5 Å². The number of hydrogen-bond acceptors (Lipinski definition) is 2. The fraction of sp³-hybridized carbons (Fsp3) is 0.154. The second kappa shape index (κ2) is 6.74. The Kier molecular flexibility index (Phi) is 5.12. The molecule has 0 amide bonds. The second-order valence-electron chi connectivity index (χ2n) is 3.09. The first-order chi connectivity index (χ1) is 7.34. The van der Waals surface area contributed by atoms with Crippen molar-refractivity contribution in [3.05, 3.63) is 60.8 Å². The van der Waals surface area contributed by atoms with Crippen molar-refractivity contribution in [3.8, 4) is 0 Å². The Hall–Kier alpha value is -1.67. The van der Waals surface area contributed by atoms with Gasteiger partial charge in [-0.15, -0.1) is 6.58 Å². The zero-order valence-electron chi connectivity index (χ0n) is 8.65. The standard InChI is InChI=1S/C13H15NO/c1-2-10-14-11-13(15)12-8-6-4-3-5-7-9-12/h2-9,14H,1,10-11H2. The van der Waals surface area contributed by atoms with Gasteiger partial charge in [-0.2, -0.15) is 0 Å². The minimum Gasteiger partial charge on any atom is -0.306 e. The maximum absolute atomic E-state index is 11.7. The van der Waals surface area contributed by atoms with Crippen LogP contribution in [0.3, 0.4) is 0 Å². The zero-order chi connectivity index (χ0) is 10.9. The third kappa shape index (κ3) is 4.38. The molecule has 0 heterocycles. The molecule has 0 unspecified atom stereocenters. The van der Waals surface area contributed by atoms with Gasteiger partial charge in [-0.3, -0.25) is 4.79 Å². The molecule has 0 saturated heterocycles. The first-order valence-electron chi connectivity index (χ1n) is 4.91. The molecule has 1 aliphatic rings. The van der Waals surface area contributed by atoms with Gasteiger partial charge in [0.25, 0.3) is 0 Å². The number of hydrogen-bond donors (Lipinski definition) is 1. The van der Waals surface area contributed by atoms with E-state index in [2.05, 4.69) is 11.9 Å². The number of carbonyl (C=O) groups excluding carboxylic acids is 1. The fourth-order valence-electron chi connectivity index (χ4n) is 1.14. The summed E-state index contributed by atoms with van der Waals surface area (Å²) in [4.78, 5) is 11.7. The average Bonchev–Trinajstić information content (AvgIpc) is 2.17. The lowest BCUT2D eigenvalue weighted by Crippen LogP contribution is -2.23. The minimum atomic E-state index is 0.0908. The van der Waals surface area contributed by atoms with Crippen LogP contribution in [0.4, 0.5) is 0 Å². The molecule has 0 aliphatic heterocycles. The highest BCUT2D eigenvalue weighted by Crippen LogP contribution is 2.02. The van der Waals surface area contributed by atoms with Gasteiger partial charge in [0.15, 0.2) is 5.78 Å². The number of allylic oxidation sites excluding steroid dienone is 7. The molecule has 1 aliphatic carbocycles. The fourth-order valence-corrected chi connectivity index (χ4v) is 1.14. The molecule has 78 valence electrons. The maximum Gasteiger partial charge on any atom is 0.176 e. The summed E-state index contributed by atoms with van der Waals surface area (Å²) in [6, 6.07) is 0. The van der Waals surface area contributed by atoms with Crippen LogP contribution in [0.5, 0.6) is 0 Å². The molecule has 0 saturated carbocycles. The molecular weight excluding hydrogens is 186 g/mol. The molecule has 15 heavy (non-hydrogen) atoms. The molecule has 0 aromatic carbocycles. The monoisotopic (exact) mass is 201 g/mol. The topological polar surface area (TPSA) is 29.1 Å². The van der Waals surface area contributed by atoms with E-state index in [4.69, 9.17) is 0 Å². The summed E-state index contributed by atoms with van der Waals surface area (Å²) >= 11 is 0. The molecule has 2 nitrogen and oxygen atoms in total. The summed E-state index contributed by atoms with van der Waals surface area (Å²) in [5, 5.41) is 2.98. The Bertz CT molecular complexity index is 346. The average molecular weight is 201 g/mol. The Morgan fingerprint density at radius 3 is 2.80 bits per heavy atom. The van der Waals surface area contributed by atoms with E-state index in [9.17, 15) is 4.79 Å². The van der Waals surface area contributed by atoms with Crippen molar-refractivity contribution < 1.29 is 4.79 Å². The number of nitrogens with one attached hydrogen (secondary N) is 1. The van der Waals surface area contributed by atoms with Crippen molar-refractivity contribution in [3.63, 3.8) is 0 Å². The lowest BCUT2D eigenvalue weighted by Gasteiger charge is -2.02. The largest absolute Gasteiger partial charge is 0.306 e.